The molecule has 0 saturated carbocycles. The van der Waals surface area contributed by atoms with Crippen LogP contribution < -0.4 is 10.9 Å². The molecule has 1 atom stereocenters. The normalized spacial score (nSPS) is 19.9. The minimum Gasteiger partial charge on any atom is -0.311 e. The lowest BCUT2D eigenvalue weighted by atomic mass is 9.93. The number of nitrogens with one attached hydrogen (secondary N) is 2. The summed E-state index contributed by atoms with van der Waals surface area (Å²) in [7, 11) is 0. The zero-order chi connectivity index (χ0) is 13.7. The van der Waals surface area contributed by atoms with Crippen LogP contribution in [0.3, 0.4) is 0 Å². The van der Waals surface area contributed by atoms with E-state index >= 15 is 0 Å². The summed E-state index contributed by atoms with van der Waals surface area (Å²) in [5.41, 5.74) is -1.21. The average molecular weight is 263 g/mol. The Labute approximate surface area is 100.0 Å². The van der Waals surface area contributed by atoms with Gasteiger partial charge in [-0.3, -0.25) is 19.4 Å². The number of aromatic amines is 1. The highest BCUT2D eigenvalue weighted by Crippen LogP contribution is 2.41. The first kappa shape index (κ1) is 12.7. The number of aromatic nitrogens is 2. The minimum absolute atomic E-state index is 0.0754. The monoisotopic (exact) mass is 263 g/mol. The Morgan fingerprint density at radius 3 is 2.44 bits per heavy atom. The molecule has 1 aliphatic heterocycles. The second-order valence-electron chi connectivity index (χ2n) is 4.51. The summed E-state index contributed by atoms with van der Waals surface area (Å²) in [5.74, 6) is -2.85. The van der Waals surface area contributed by atoms with E-state index in [1.54, 1.807) is 13.8 Å². The molecule has 8 heteroatoms. The second kappa shape index (κ2) is 3.89. The smallest absolute Gasteiger partial charge is 0.311 e. The van der Waals surface area contributed by atoms with E-state index in [9.17, 15) is 22.8 Å². The van der Waals surface area contributed by atoms with E-state index in [4.69, 9.17) is 0 Å². The fraction of sp³-hybridized carbons (Fsp3) is 0.600. The largest absolute Gasteiger partial charge is 0.396 e. The van der Waals surface area contributed by atoms with Gasteiger partial charge < -0.3 is 5.32 Å². The number of hydrogen-bond acceptors (Lipinski definition) is 2. The Balaban J connectivity index is 2.63. The Bertz CT molecular complexity index is 542. The number of hydrogen-bond donors (Lipinski definition) is 2. The number of carbonyl (C=O) groups excluding carboxylic acids is 1. The first-order valence-corrected chi connectivity index (χ1v) is 5.42. The fourth-order valence-electron chi connectivity index (χ4n) is 2.05. The standard InChI is InChI=1S/C10H12F3N3O2/c1-4(2)16-8-7(9(18)15-16)5(10(11,12)13)3-6(17)14-8/h4-5H,3H2,1-2H3,(H,14,17)(H,15,18). The molecule has 0 saturated heterocycles. The van der Waals surface area contributed by atoms with Crippen molar-refractivity contribution in [3.05, 3.63) is 15.9 Å². The van der Waals surface area contributed by atoms with Crippen molar-refractivity contribution in [3.8, 4) is 0 Å². The van der Waals surface area contributed by atoms with Crippen molar-refractivity contribution in [2.45, 2.75) is 38.4 Å². The molecule has 2 heterocycles. The first-order chi connectivity index (χ1) is 8.21. The number of H-pyrrole nitrogens is 1. The van der Waals surface area contributed by atoms with Gasteiger partial charge in [-0.2, -0.15) is 13.2 Å². The van der Waals surface area contributed by atoms with Crippen LogP contribution in [-0.2, 0) is 4.79 Å². The highest BCUT2D eigenvalue weighted by molar-refractivity contribution is 5.93. The third-order valence-corrected chi connectivity index (χ3v) is 2.87. The van der Waals surface area contributed by atoms with Gasteiger partial charge in [-0.25, -0.2) is 0 Å². The van der Waals surface area contributed by atoms with Gasteiger partial charge in [-0.15, -0.1) is 0 Å². The molecule has 1 aromatic heterocycles. The van der Waals surface area contributed by atoms with Crippen LogP contribution in [0.15, 0.2) is 4.79 Å². The lowest BCUT2D eigenvalue weighted by Crippen LogP contribution is -2.34. The summed E-state index contributed by atoms with van der Waals surface area (Å²) < 4.78 is 39.8. The van der Waals surface area contributed by atoms with Crippen molar-refractivity contribution < 1.29 is 18.0 Å². The minimum atomic E-state index is -4.61. The fourth-order valence-corrected chi connectivity index (χ4v) is 2.05. The van der Waals surface area contributed by atoms with E-state index < -0.39 is 35.5 Å². The van der Waals surface area contributed by atoms with Crippen LogP contribution in [0.25, 0.3) is 0 Å². The van der Waals surface area contributed by atoms with E-state index in [0.29, 0.717) is 0 Å². The van der Waals surface area contributed by atoms with E-state index in [0.717, 1.165) is 0 Å². The Kier molecular flexibility index (Phi) is 2.75. The predicted molar refractivity (Wildman–Crippen MR) is 57.5 cm³/mol. The number of halogens is 3. The molecule has 2 N–H and O–H groups in total. The molecule has 1 amide bonds. The van der Waals surface area contributed by atoms with Crippen molar-refractivity contribution >= 4 is 11.7 Å². The molecule has 100 valence electrons. The summed E-state index contributed by atoms with van der Waals surface area (Å²) >= 11 is 0. The molecule has 1 unspecified atom stereocenters. The number of nitrogens with zero attached hydrogens (tertiary/aromatic N) is 1. The Morgan fingerprint density at radius 2 is 1.94 bits per heavy atom. The third kappa shape index (κ3) is 1.91. The van der Waals surface area contributed by atoms with Gasteiger partial charge in [0.25, 0.3) is 5.56 Å². The van der Waals surface area contributed by atoms with E-state index in [1.807, 2.05) is 0 Å². The van der Waals surface area contributed by atoms with Crippen LogP contribution in [0.1, 0.15) is 37.8 Å². The topological polar surface area (TPSA) is 66.9 Å². The van der Waals surface area contributed by atoms with Crippen LogP contribution in [0.2, 0.25) is 0 Å². The van der Waals surface area contributed by atoms with Crippen molar-refractivity contribution in [1.29, 1.82) is 0 Å². The number of amides is 1. The molecule has 18 heavy (non-hydrogen) atoms. The van der Waals surface area contributed by atoms with Gasteiger partial charge in [0.2, 0.25) is 5.91 Å². The summed E-state index contributed by atoms with van der Waals surface area (Å²) in [6, 6.07) is -0.256. The quantitative estimate of drug-likeness (QED) is 0.810. The predicted octanol–water partition coefficient (Wildman–Crippen LogP) is 1.75. The van der Waals surface area contributed by atoms with Crippen molar-refractivity contribution in [1.82, 2.24) is 9.78 Å². The van der Waals surface area contributed by atoms with Crippen molar-refractivity contribution in [2.75, 3.05) is 5.32 Å². The van der Waals surface area contributed by atoms with Crippen LogP contribution in [0.5, 0.6) is 0 Å². The van der Waals surface area contributed by atoms with Gasteiger partial charge in [0.15, 0.2) is 0 Å². The Hall–Kier alpha value is -1.73. The van der Waals surface area contributed by atoms with Crippen molar-refractivity contribution in [3.63, 3.8) is 0 Å². The van der Waals surface area contributed by atoms with E-state index in [-0.39, 0.29) is 11.9 Å². The number of rotatable bonds is 1. The van der Waals surface area contributed by atoms with Gasteiger partial charge in [-0.1, -0.05) is 0 Å². The summed E-state index contributed by atoms with van der Waals surface area (Å²) in [4.78, 5) is 23.0. The Morgan fingerprint density at radius 1 is 1.33 bits per heavy atom. The first-order valence-electron chi connectivity index (χ1n) is 5.42. The van der Waals surface area contributed by atoms with Gasteiger partial charge in [0, 0.05) is 12.5 Å². The molecule has 0 spiro atoms. The number of carbonyl (C=O) groups is 1. The molecule has 1 aromatic rings. The molecule has 0 bridgehead atoms. The number of fused-ring (bicyclic) bond motifs is 1. The molecule has 0 aromatic carbocycles. The molecular weight excluding hydrogens is 251 g/mol. The number of alkyl halides is 3. The molecule has 0 aliphatic carbocycles. The zero-order valence-corrected chi connectivity index (χ0v) is 9.76. The second-order valence-corrected chi connectivity index (χ2v) is 4.51. The van der Waals surface area contributed by atoms with Crippen LogP contribution in [0, 0.1) is 0 Å². The summed E-state index contributed by atoms with van der Waals surface area (Å²) in [6.07, 6.45) is -5.36. The van der Waals surface area contributed by atoms with Gasteiger partial charge in [0.05, 0.1) is 11.5 Å². The highest BCUT2D eigenvalue weighted by atomic mass is 19.4. The molecule has 0 radical (unpaired) electrons. The van der Waals surface area contributed by atoms with E-state index in [1.165, 1.54) is 4.68 Å². The van der Waals surface area contributed by atoms with E-state index in [2.05, 4.69) is 10.4 Å². The maximum atomic E-state index is 12.8. The zero-order valence-electron chi connectivity index (χ0n) is 9.76. The molecule has 1 aliphatic rings. The van der Waals surface area contributed by atoms with Crippen LogP contribution in [-0.4, -0.2) is 21.9 Å². The highest BCUT2D eigenvalue weighted by Gasteiger charge is 2.48. The lowest BCUT2D eigenvalue weighted by Gasteiger charge is -2.25. The molecule has 2 rings (SSSR count). The molecule has 0 fully saturated rings. The van der Waals surface area contributed by atoms with Gasteiger partial charge in [0.1, 0.15) is 5.82 Å². The SMILES string of the molecule is CC(C)n1[nH]c(=O)c2c1NC(=O)CC2C(F)(F)F. The summed E-state index contributed by atoms with van der Waals surface area (Å²) in [6.45, 7) is 3.39. The third-order valence-electron chi connectivity index (χ3n) is 2.87. The lowest BCUT2D eigenvalue weighted by molar-refractivity contribution is -0.157. The average Bonchev–Trinajstić information content (AvgIpc) is 2.53. The van der Waals surface area contributed by atoms with Crippen LogP contribution >= 0.6 is 0 Å². The maximum absolute atomic E-state index is 12.8. The van der Waals surface area contributed by atoms with Crippen LogP contribution in [0.4, 0.5) is 19.0 Å². The van der Waals surface area contributed by atoms with Gasteiger partial charge in [-0.05, 0) is 13.8 Å². The molecule has 5 nitrogen and oxygen atoms in total. The van der Waals surface area contributed by atoms with Gasteiger partial charge >= 0.3 is 6.18 Å². The maximum Gasteiger partial charge on any atom is 0.396 e. The summed E-state index contributed by atoms with van der Waals surface area (Å²) in [5, 5.41) is 4.65. The van der Waals surface area contributed by atoms with Crippen molar-refractivity contribution in [2.24, 2.45) is 0 Å². The molecular formula is C10H12F3N3O2. The number of anilines is 1.